The van der Waals surface area contributed by atoms with Crippen LogP contribution in [0.5, 0.6) is 5.75 Å². The van der Waals surface area contributed by atoms with Crippen LogP contribution in [-0.2, 0) is 0 Å². The number of carbonyl (C=O) groups is 1. The summed E-state index contributed by atoms with van der Waals surface area (Å²) in [6.07, 6.45) is 0. The Morgan fingerprint density at radius 1 is 1.13 bits per heavy atom. The quantitative estimate of drug-likeness (QED) is 0.834. The van der Waals surface area contributed by atoms with Crippen LogP contribution in [0.25, 0.3) is 10.8 Å². The minimum absolute atomic E-state index is 0.0584. The SMILES string of the molecule is O=C(O)c1ccc(Br)c2ccc(O)cc12. The van der Waals surface area contributed by atoms with E-state index in [1.54, 1.807) is 12.1 Å². The topological polar surface area (TPSA) is 57.5 Å². The molecule has 0 amide bonds. The van der Waals surface area contributed by atoms with Crippen LogP contribution < -0.4 is 0 Å². The molecule has 4 heteroatoms. The number of phenolic OH excluding ortho intramolecular Hbond substituents is 1. The van der Waals surface area contributed by atoms with Crippen molar-refractivity contribution in [2.75, 3.05) is 0 Å². The Kier molecular flexibility index (Phi) is 2.36. The fourth-order valence-corrected chi connectivity index (χ4v) is 1.96. The smallest absolute Gasteiger partial charge is 0.336 e. The number of carboxylic acids is 1. The molecule has 2 aromatic carbocycles. The summed E-state index contributed by atoms with van der Waals surface area (Å²) in [5.41, 5.74) is 0.184. The van der Waals surface area contributed by atoms with Gasteiger partial charge < -0.3 is 10.2 Å². The first-order valence-corrected chi connectivity index (χ1v) is 5.03. The number of aromatic hydroxyl groups is 1. The van der Waals surface area contributed by atoms with Gasteiger partial charge in [0.25, 0.3) is 0 Å². The van der Waals surface area contributed by atoms with E-state index < -0.39 is 5.97 Å². The van der Waals surface area contributed by atoms with Gasteiger partial charge in [-0.1, -0.05) is 15.9 Å². The molecular weight excluding hydrogens is 260 g/mol. The zero-order valence-electron chi connectivity index (χ0n) is 7.57. The molecule has 3 nitrogen and oxygen atoms in total. The lowest BCUT2D eigenvalue weighted by molar-refractivity contribution is 0.0699. The Labute approximate surface area is 94.1 Å². The maximum Gasteiger partial charge on any atom is 0.336 e. The van der Waals surface area contributed by atoms with Crippen LogP contribution in [0.3, 0.4) is 0 Å². The first-order valence-electron chi connectivity index (χ1n) is 4.24. The summed E-state index contributed by atoms with van der Waals surface area (Å²) < 4.78 is 0.808. The second-order valence-corrected chi connectivity index (χ2v) is 3.98. The fourth-order valence-electron chi connectivity index (χ4n) is 1.49. The van der Waals surface area contributed by atoms with Gasteiger partial charge in [0, 0.05) is 9.86 Å². The lowest BCUT2D eigenvalue weighted by Gasteiger charge is -2.05. The number of benzene rings is 2. The largest absolute Gasteiger partial charge is 0.508 e. The molecule has 0 fully saturated rings. The molecule has 15 heavy (non-hydrogen) atoms. The fraction of sp³-hybridized carbons (Fsp3) is 0. The molecule has 0 heterocycles. The highest BCUT2D eigenvalue weighted by Gasteiger charge is 2.10. The van der Waals surface area contributed by atoms with Gasteiger partial charge in [0.1, 0.15) is 5.75 Å². The number of rotatable bonds is 1. The number of phenols is 1. The minimum Gasteiger partial charge on any atom is -0.508 e. The van der Waals surface area contributed by atoms with Crippen molar-refractivity contribution in [3.8, 4) is 5.75 Å². The molecule has 0 saturated carbocycles. The monoisotopic (exact) mass is 266 g/mol. The van der Waals surface area contributed by atoms with Crippen molar-refractivity contribution in [1.29, 1.82) is 0 Å². The normalized spacial score (nSPS) is 10.5. The van der Waals surface area contributed by atoms with E-state index >= 15 is 0 Å². The van der Waals surface area contributed by atoms with Crippen molar-refractivity contribution in [2.45, 2.75) is 0 Å². The molecule has 76 valence electrons. The first kappa shape index (κ1) is 9.98. The molecule has 0 bridgehead atoms. The van der Waals surface area contributed by atoms with Crippen LogP contribution in [-0.4, -0.2) is 16.2 Å². The number of carboxylic acid groups (broad SMARTS) is 1. The summed E-state index contributed by atoms with van der Waals surface area (Å²) in [4.78, 5) is 10.9. The summed E-state index contributed by atoms with van der Waals surface area (Å²) in [6, 6.07) is 7.85. The molecule has 0 atom stereocenters. The Morgan fingerprint density at radius 2 is 1.87 bits per heavy atom. The summed E-state index contributed by atoms with van der Waals surface area (Å²) in [6.45, 7) is 0. The predicted molar refractivity (Wildman–Crippen MR) is 60.3 cm³/mol. The molecule has 0 spiro atoms. The molecule has 0 aliphatic rings. The number of halogens is 1. The maximum atomic E-state index is 10.9. The van der Waals surface area contributed by atoms with E-state index in [0.717, 1.165) is 9.86 Å². The van der Waals surface area contributed by atoms with Crippen molar-refractivity contribution >= 4 is 32.7 Å². The van der Waals surface area contributed by atoms with Crippen molar-refractivity contribution in [3.63, 3.8) is 0 Å². The molecule has 2 aromatic rings. The van der Waals surface area contributed by atoms with Crippen LogP contribution in [0.1, 0.15) is 10.4 Å². The first-order chi connectivity index (χ1) is 7.09. The number of hydrogen-bond acceptors (Lipinski definition) is 2. The van der Waals surface area contributed by atoms with Gasteiger partial charge in [-0.05, 0) is 35.7 Å². The molecule has 2 rings (SSSR count). The molecule has 0 unspecified atom stereocenters. The Hall–Kier alpha value is -1.55. The van der Waals surface area contributed by atoms with Gasteiger partial charge in [-0.2, -0.15) is 0 Å². The van der Waals surface area contributed by atoms with E-state index in [9.17, 15) is 9.90 Å². The highest BCUT2D eigenvalue weighted by Crippen LogP contribution is 2.29. The number of aromatic carboxylic acids is 1. The predicted octanol–water partition coefficient (Wildman–Crippen LogP) is 3.01. The molecule has 2 N–H and O–H groups in total. The van der Waals surface area contributed by atoms with Crippen LogP contribution in [0.15, 0.2) is 34.8 Å². The van der Waals surface area contributed by atoms with Gasteiger partial charge in [0.2, 0.25) is 0 Å². The third-order valence-corrected chi connectivity index (χ3v) is 2.87. The van der Waals surface area contributed by atoms with Gasteiger partial charge in [-0.3, -0.25) is 0 Å². The van der Waals surface area contributed by atoms with Gasteiger partial charge in [-0.15, -0.1) is 0 Å². The highest BCUT2D eigenvalue weighted by molar-refractivity contribution is 9.10. The Morgan fingerprint density at radius 3 is 2.53 bits per heavy atom. The zero-order valence-corrected chi connectivity index (χ0v) is 9.15. The van der Waals surface area contributed by atoms with Crippen LogP contribution in [0.2, 0.25) is 0 Å². The molecular formula is C11H7BrO3. The van der Waals surface area contributed by atoms with E-state index in [-0.39, 0.29) is 11.3 Å². The second-order valence-electron chi connectivity index (χ2n) is 3.13. The van der Waals surface area contributed by atoms with Crippen LogP contribution in [0, 0.1) is 0 Å². The second kappa shape index (κ2) is 3.55. The van der Waals surface area contributed by atoms with E-state index in [4.69, 9.17) is 5.11 Å². The Balaban J connectivity index is 2.90. The van der Waals surface area contributed by atoms with E-state index in [1.165, 1.54) is 18.2 Å². The van der Waals surface area contributed by atoms with Crippen molar-refractivity contribution in [2.24, 2.45) is 0 Å². The lowest BCUT2D eigenvalue weighted by Crippen LogP contribution is -1.97. The minimum atomic E-state index is -1.00. The van der Waals surface area contributed by atoms with Gasteiger partial charge >= 0.3 is 5.97 Å². The molecule has 0 aliphatic heterocycles. The third kappa shape index (κ3) is 1.68. The maximum absolute atomic E-state index is 10.9. The zero-order chi connectivity index (χ0) is 11.0. The lowest BCUT2D eigenvalue weighted by atomic mass is 10.0. The van der Waals surface area contributed by atoms with Crippen molar-refractivity contribution in [3.05, 3.63) is 40.4 Å². The van der Waals surface area contributed by atoms with Crippen molar-refractivity contribution < 1.29 is 15.0 Å². The average molecular weight is 267 g/mol. The van der Waals surface area contributed by atoms with Crippen LogP contribution in [0.4, 0.5) is 0 Å². The highest BCUT2D eigenvalue weighted by atomic mass is 79.9. The summed E-state index contributed by atoms with van der Waals surface area (Å²) in [5, 5.41) is 19.6. The van der Waals surface area contributed by atoms with Crippen molar-refractivity contribution in [1.82, 2.24) is 0 Å². The van der Waals surface area contributed by atoms with E-state index in [1.807, 2.05) is 0 Å². The van der Waals surface area contributed by atoms with Crippen LogP contribution >= 0.6 is 15.9 Å². The van der Waals surface area contributed by atoms with E-state index in [0.29, 0.717) is 5.39 Å². The third-order valence-electron chi connectivity index (χ3n) is 2.18. The molecule has 0 aliphatic carbocycles. The molecule has 0 saturated heterocycles. The number of hydrogen-bond donors (Lipinski definition) is 2. The summed E-state index contributed by atoms with van der Waals surface area (Å²) >= 11 is 3.33. The average Bonchev–Trinajstić information content (AvgIpc) is 2.17. The van der Waals surface area contributed by atoms with Gasteiger partial charge in [0.15, 0.2) is 0 Å². The standard InChI is InChI=1S/C11H7BrO3/c12-10-4-3-8(11(14)15)9-5-6(13)1-2-7(9)10/h1-5,13H,(H,14,15). The summed E-state index contributed by atoms with van der Waals surface area (Å²) in [7, 11) is 0. The number of fused-ring (bicyclic) bond motifs is 1. The summed E-state index contributed by atoms with van der Waals surface area (Å²) in [5.74, 6) is -0.943. The molecule has 0 radical (unpaired) electrons. The van der Waals surface area contributed by atoms with E-state index in [2.05, 4.69) is 15.9 Å². The molecule has 0 aromatic heterocycles. The van der Waals surface area contributed by atoms with Gasteiger partial charge in [0.05, 0.1) is 5.56 Å². The Bertz CT molecular complexity index is 549. The van der Waals surface area contributed by atoms with Gasteiger partial charge in [-0.25, -0.2) is 4.79 Å².